The zero-order chi connectivity index (χ0) is 12.0. The molecule has 1 amide bonds. The van der Waals surface area contributed by atoms with Crippen LogP contribution in [0.15, 0.2) is 15.9 Å². The molecule has 1 atom stereocenters. The van der Waals surface area contributed by atoms with Gasteiger partial charge >= 0.3 is 0 Å². The molecular weight excluding hydrogens is 292 g/mol. The Morgan fingerprint density at radius 2 is 2.50 bits per heavy atom. The van der Waals surface area contributed by atoms with Crippen LogP contribution in [0.3, 0.4) is 0 Å². The number of ether oxygens (including phenoxy) is 1. The van der Waals surface area contributed by atoms with Crippen LogP contribution in [-0.4, -0.2) is 25.7 Å². The number of carbonyl (C=O) groups excluding carboxylic acids is 1. The molecular formula is C10H15BrN2O2S. The molecule has 6 heteroatoms. The van der Waals surface area contributed by atoms with Gasteiger partial charge in [0.1, 0.15) is 6.61 Å². The molecule has 1 aromatic rings. The molecule has 0 saturated heterocycles. The van der Waals surface area contributed by atoms with Gasteiger partial charge < -0.3 is 15.8 Å². The molecule has 0 aliphatic heterocycles. The normalized spacial score (nSPS) is 12.6. The van der Waals surface area contributed by atoms with Gasteiger partial charge in [-0.1, -0.05) is 0 Å². The summed E-state index contributed by atoms with van der Waals surface area (Å²) in [6.45, 7) is 3.25. The van der Waals surface area contributed by atoms with E-state index in [1.807, 2.05) is 11.4 Å². The number of thiophene rings is 1. The molecule has 1 rings (SSSR count). The Hall–Kier alpha value is -0.430. The molecule has 4 nitrogen and oxygen atoms in total. The van der Waals surface area contributed by atoms with Gasteiger partial charge in [-0.25, -0.2) is 0 Å². The number of halogens is 1. The van der Waals surface area contributed by atoms with Crippen molar-refractivity contribution in [2.75, 3.05) is 19.8 Å². The van der Waals surface area contributed by atoms with Gasteiger partial charge in [0.15, 0.2) is 0 Å². The molecule has 90 valence electrons. The highest BCUT2D eigenvalue weighted by atomic mass is 79.9. The highest BCUT2D eigenvalue weighted by Gasteiger charge is 2.09. The summed E-state index contributed by atoms with van der Waals surface area (Å²) < 4.78 is 6.17. The lowest BCUT2D eigenvalue weighted by atomic mass is 10.3. The summed E-state index contributed by atoms with van der Waals surface area (Å²) in [4.78, 5) is 11.7. The van der Waals surface area contributed by atoms with Gasteiger partial charge in [-0.3, -0.25) is 4.79 Å². The first-order valence-corrected chi connectivity index (χ1v) is 6.61. The zero-order valence-corrected chi connectivity index (χ0v) is 11.4. The topological polar surface area (TPSA) is 64.3 Å². The van der Waals surface area contributed by atoms with Crippen LogP contribution < -0.4 is 11.1 Å². The Kier molecular flexibility index (Phi) is 5.97. The van der Waals surface area contributed by atoms with Crippen molar-refractivity contribution in [3.05, 3.63) is 20.8 Å². The second-order valence-corrected chi connectivity index (χ2v) is 5.13. The lowest BCUT2D eigenvalue weighted by Gasteiger charge is -2.12. The first kappa shape index (κ1) is 13.6. The Morgan fingerprint density at radius 1 is 1.75 bits per heavy atom. The summed E-state index contributed by atoms with van der Waals surface area (Å²) in [6.07, 6.45) is 0. The molecule has 0 aliphatic carbocycles. The van der Waals surface area contributed by atoms with E-state index in [1.165, 1.54) is 4.88 Å². The van der Waals surface area contributed by atoms with Gasteiger partial charge in [-0.15, -0.1) is 11.3 Å². The number of carbonyl (C=O) groups is 1. The molecule has 3 N–H and O–H groups in total. The van der Waals surface area contributed by atoms with Crippen LogP contribution in [-0.2, 0) is 9.53 Å². The highest BCUT2D eigenvalue weighted by Crippen LogP contribution is 2.28. The lowest BCUT2D eigenvalue weighted by molar-refractivity contribution is -0.122. The first-order chi connectivity index (χ1) is 7.61. The number of rotatable bonds is 7. The fourth-order valence-corrected chi connectivity index (χ4v) is 2.98. The summed E-state index contributed by atoms with van der Waals surface area (Å²) in [5, 5.41) is 5.35. The van der Waals surface area contributed by atoms with E-state index in [1.54, 1.807) is 11.3 Å². The Bertz CT molecular complexity index is 343. The molecule has 1 aromatic heterocycles. The van der Waals surface area contributed by atoms with E-state index in [2.05, 4.69) is 28.2 Å². The molecule has 0 radical (unpaired) electrons. The number of nitrogens with two attached hydrogens (primary N) is 1. The van der Waals surface area contributed by atoms with Crippen molar-refractivity contribution in [3.63, 3.8) is 0 Å². The van der Waals surface area contributed by atoms with Gasteiger partial charge in [0.25, 0.3) is 0 Å². The number of hydrogen-bond acceptors (Lipinski definition) is 4. The second-order valence-electron chi connectivity index (χ2n) is 3.33. The van der Waals surface area contributed by atoms with Crippen molar-refractivity contribution >= 4 is 33.2 Å². The minimum atomic E-state index is -0.436. The van der Waals surface area contributed by atoms with Crippen molar-refractivity contribution in [2.24, 2.45) is 5.73 Å². The van der Waals surface area contributed by atoms with Crippen molar-refractivity contribution in [1.82, 2.24) is 5.32 Å². The van der Waals surface area contributed by atoms with Gasteiger partial charge in [0.2, 0.25) is 5.91 Å². The molecule has 0 saturated carbocycles. The zero-order valence-electron chi connectivity index (χ0n) is 9.03. The fourth-order valence-electron chi connectivity index (χ4n) is 1.23. The van der Waals surface area contributed by atoms with E-state index in [0.717, 1.165) is 4.47 Å². The highest BCUT2D eigenvalue weighted by molar-refractivity contribution is 9.10. The third-order valence-corrected chi connectivity index (χ3v) is 4.03. The van der Waals surface area contributed by atoms with E-state index in [0.29, 0.717) is 13.2 Å². The fraction of sp³-hybridized carbons (Fsp3) is 0.500. The maximum Gasteiger partial charge on any atom is 0.243 e. The van der Waals surface area contributed by atoms with Crippen molar-refractivity contribution in [2.45, 2.75) is 13.0 Å². The molecule has 1 unspecified atom stereocenters. The maximum absolute atomic E-state index is 10.4. The van der Waals surface area contributed by atoms with Crippen molar-refractivity contribution < 1.29 is 9.53 Å². The predicted molar refractivity (Wildman–Crippen MR) is 68.5 cm³/mol. The van der Waals surface area contributed by atoms with E-state index in [-0.39, 0.29) is 12.6 Å². The van der Waals surface area contributed by atoms with E-state index in [4.69, 9.17) is 10.5 Å². The average molecular weight is 307 g/mol. The molecule has 16 heavy (non-hydrogen) atoms. The van der Waals surface area contributed by atoms with E-state index < -0.39 is 5.91 Å². The largest absolute Gasteiger partial charge is 0.370 e. The number of hydrogen-bond donors (Lipinski definition) is 2. The third kappa shape index (κ3) is 4.61. The lowest BCUT2D eigenvalue weighted by Crippen LogP contribution is -2.25. The minimum Gasteiger partial charge on any atom is -0.370 e. The molecule has 0 aromatic carbocycles. The number of amides is 1. The maximum atomic E-state index is 10.4. The van der Waals surface area contributed by atoms with Crippen molar-refractivity contribution in [3.8, 4) is 0 Å². The molecule has 0 fully saturated rings. The number of nitrogens with one attached hydrogen (secondary N) is 1. The van der Waals surface area contributed by atoms with Crippen molar-refractivity contribution in [1.29, 1.82) is 0 Å². The van der Waals surface area contributed by atoms with Crippen LogP contribution >= 0.6 is 27.3 Å². The van der Waals surface area contributed by atoms with Crippen LogP contribution in [0, 0.1) is 0 Å². The van der Waals surface area contributed by atoms with E-state index in [9.17, 15) is 4.79 Å². The SMILES string of the molecule is CC(NCCOCC(N)=O)c1sccc1Br. The molecule has 1 heterocycles. The standard InChI is InChI=1S/C10H15BrN2O2S/c1-7(10-8(11)2-5-16-10)13-3-4-15-6-9(12)14/h2,5,7,13H,3-4,6H2,1H3,(H2,12,14). The summed E-state index contributed by atoms with van der Waals surface area (Å²) in [5.41, 5.74) is 4.94. The smallest absolute Gasteiger partial charge is 0.243 e. The second kappa shape index (κ2) is 7.01. The molecule has 0 bridgehead atoms. The summed E-state index contributed by atoms with van der Waals surface area (Å²) in [7, 11) is 0. The Morgan fingerprint density at radius 3 is 3.06 bits per heavy atom. The third-order valence-electron chi connectivity index (χ3n) is 1.98. The van der Waals surface area contributed by atoms with E-state index >= 15 is 0 Å². The minimum absolute atomic E-state index is 0.0151. The van der Waals surface area contributed by atoms with Crippen LogP contribution in [0.25, 0.3) is 0 Å². The van der Waals surface area contributed by atoms with Crippen LogP contribution in [0.4, 0.5) is 0 Å². The van der Waals surface area contributed by atoms with Gasteiger partial charge in [0, 0.05) is 21.9 Å². The number of primary amides is 1. The molecule has 0 aliphatic rings. The first-order valence-electron chi connectivity index (χ1n) is 4.93. The predicted octanol–water partition coefficient (Wildman–Crippen LogP) is 1.66. The van der Waals surface area contributed by atoms with Crippen LogP contribution in [0.5, 0.6) is 0 Å². The van der Waals surface area contributed by atoms with Gasteiger partial charge in [-0.05, 0) is 34.3 Å². The quantitative estimate of drug-likeness (QED) is 0.753. The Labute approximate surface area is 107 Å². The Balaban J connectivity index is 2.18. The summed E-state index contributed by atoms with van der Waals surface area (Å²) in [5.74, 6) is -0.436. The van der Waals surface area contributed by atoms with Crippen LogP contribution in [0.1, 0.15) is 17.8 Å². The monoisotopic (exact) mass is 306 g/mol. The van der Waals surface area contributed by atoms with Gasteiger partial charge in [0.05, 0.1) is 6.61 Å². The summed E-state index contributed by atoms with van der Waals surface area (Å²) in [6, 6.07) is 2.30. The van der Waals surface area contributed by atoms with Gasteiger partial charge in [-0.2, -0.15) is 0 Å². The summed E-state index contributed by atoms with van der Waals surface area (Å²) >= 11 is 5.19. The molecule has 0 spiro atoms. The average Bonchev–Trinajstić information content (AvgIpc) is 2.63. The van der Waals surface area contributed by atoms with Crippen LogP contribution in [0.2, 0.25) is 0 Å².